The highest BCUT2D eigenvalue weighted by molar-refractivity contribution is 9.10. The zero-order valence-corrected chi connectivity index (χ0v) is 13.1. The molecule has 0 saturated carbocycles. The summed E-state index contributed by atoms with van der Waals surface area (Å²) < 4.78 is 0.961. The second-order valence-electron chi connectivity index (χ2n) is 4.15. The molecule has 1 aromatic rings. The molecule has 0 radical (unpaired) electrons. The van der Waals surface area contributed by atoms with E-state index in [1.807, 2.05) is 18.2 Å². The van der Waals surface area contributed by atoms with Crippen molar-refractivity contribution >= 4 is 39.9 Å². The van der Waals surface area contributed by atoms with Crippen molar-refractivity contribution in [1.82, 2.24) is 10.2 Å². The third-order valence-corrected chi connectivity index (χ3v) is 3.91. The van der Waals surface area contributed by atoms with E-state index >= 15 is 0 Å². The van der Waals surface area contributed by atoms with Crippen LogP contribution in [0.15, 0.2) is 22.7 Å². The van der Waals surface area contributed by atoms with Crippen molar-refractivity contribution in [3.63, 3.8) is 0 Å². The number of nitrogens with one attached hydrogen (secondary N) is 1. The quantitative estimate of drug-likeness (QED) is 0.874. The zero-order chi connectivity index (χ0) is 12.3. The van der Waals surface area contributed by atoms with E-state index < -0.39 is 0 Å². The lowest BCUT2D eigenvalue weighted by Crippen LogP contribution is -2.46. The van der Waals surface area contributed by atoms with Crippen molar-refractivity contribution in [2.75, 3.05) is 32.8 Å². The fourth-order valence-electron chi connectivity index (χ4n) is 2.18. The average Bonchev–Trinajstić information content (AvgIpc) is 2.34. The first-order valence-corrected chi connectivity index (χ1v) is 6.90. The molecule has 2 rings (SSSR count). The van der Waals surface area contributed by atoms with Crippen LogP contribution in [0.4, 0.5) is 0 Å². The molecule has 0 bridgehead atoms. The van der Waals surface area contributed by atoms with E-state index in [-0.39, 0.29) is 25.1 Å². The first kappa shape index (κ1) is 16.2. The molecule has 1 atom stereocenters. The molecule has 0 aliphatic carbocycles. The molecule has 1 aromatic carbocycles. The molecule has 1 heterocycles. The molecule has 18 heavy (non-hydrogen) atoms. The standard InChI is InChI=1S/C12H16BrClN2O.ClH/c13-9-1-2-10(11(14)7-9)12(8-17)16-5-3-15-4-6-16;/h1-2,7,12,15,17H,3-6,8H2;1H/t12-;/m0./s1. The maximum atomic E-state index is 9.59. The van der Waals surface area contributed by atoms with Gasteiger partial charge in [0, 0.05) is 35.7 Å². The van der Waals surface area contributed by atoms with Crippen molar-refractivity contribution < 1.29 is 5.11 Å². The van der Waals surface area contributed by atoms with Gasteiger partial charge in [-0.15, -0.1) is 12.4 Å². The van der Waals surface area contributed by atoms with Crippen molar-refractivity contribution in [2.45, 2.75) is 6.04 Å². The van der Waals surface area contributed by atoms with Crippen LogP contribution in [0.2, 0.25) is 5.02 Å². The maximum Gasteiger partial charge on any atom is 0.0629 e. The molecule has 0 unspecified atom stereocenters. The van der Waals surface area contributed by atoms with Gasteiger partial charge in [0.15, 0.2) is 0 Å². The van der Waals surface area contributed by atoms with E-state index in [2.05, 4.69) is 26.1 Å². The number of hydrogen-bond acceptors (Lipinski definition) is 3. The van der Waals surface area contributed by atoms with Crippen LogP contribution >= 0.6 is 39.9 Å². The van der Waals surface area contributed by atoms with Gasteiger partial charge in [-0.2, -0.15) is 0 Å². The number of aliphatic hydroxyl groups is 1. The van der Waals surface area contributed by atoms with Crippen LogP contribution in [0.1, 0.15) is 11.6 Å². The Bertz CT molecular complexity index is 386. The summed E-state index contributed by atoms with van der Waals surface area (Å²) >= 11 is 9.63. The normalized spacial score (nSPS) is 18.2. The largest absolute Gasteiger partial charge is 0.394 e. The number of rotatable bonds is 3. The molecule has 1 aliphatic rings. The molecule has 2 N–H and O–H groups in total. The predicted octanol–water partition coefficient (Wildman–Crippen LogP) is 2.46. The molecule has 1 aliphatic heterocycles. The van der Waals surface area contributed by atoms with Crippen LogP contribution < -0.4 is 5.32 Å². The SMILES string of the molecule is Cl.OC[C@@H](c1ccc(Br)cc1Cl)N1CCNCC1. The van der Waals surface area contributed by atoms with Crippen LogP contribution in [0.5, 0.6) is 0 Å². The molecule has 3 nitrogen and oxygen atoms in total. The van der Waals surface area contributed by atoms with Gasteiger partial charge < -0.3 is 10.4 Å². The van der Waals surface area contributed by atoms with Crippen molar-refractivity contribution in [2.24, 2.45) is 0 Å². The first-order valence-electron chi connectivity index (χ1n) is 5.73. The average molecular weight is 356 g/mol. The third kappa shape index (κ3) is 3.83. The van der Waals surface area contributed by atoms with Crippen LogP contribution in [-0.4, -0.2) is 42.8 Å². The Labute approximate surface area is 127 Å². The summed E-state index contributed by atoms with van der Waals surface area (Å²) in [7, 11) is 0. The number of hydrogen-bond donors (Lipinski definition) is 2. The predicted molar refractivity (Wildman–Crippen MR) is 80.7 cm³/mol. The number of benzene rings is 1. The number of piperazine rings is 1. The van der Waals surface area contributed by atoms with Gasteiger partial charge >= 0.3 is 0 Å². The lowest BCUT2D eigenvalue weighted by molar-refractivity contribution is 0.111. The van der Waals surface area contributed by atoms with E-state index in [0.29, 0.717) is 5.02 Å². The third-order valence-electron chi connectivity index (χ3n) is 3.09. The van der Waals surface area contributed by atoms with Gasteiger partial charge in [0.1, 0.15) is 0 Å². The fourth-order valence-corrected chi connectivity index (χ4v) is 2.98. The number of halogens is 3. The molecule has 1 saturated heterocycles. The topological polar surface area (TPSA) is 35.5 Å². The summed E-state index contributed by atoms with van der Waals surface area (Å²) in [6.45, 7) is 3.91. The fraction of sp³-hybridized carbons (Fsp3) is 0.500. The van der Waals surface area contributed by atoms with Gasteiger partial charge in [0.2, 0.25) is 0 Å². The Morgan fingerprint density at radius 1 is 1.39 bits per heavy atom. The van der Waals surface area contributed by atoms with Crippen molar-refractivity contribution in [3.8, 4) is 0 Å². The minimum Gasteiger partial charge on any atom is -0.394 e. The highest BCUT2D eigenvalue weighted by atomic mass is 79.9. The molecule has 6 heteroatoms. The van der Waals surface area contributed by atoms with Gasteiger partial charge in [0.25, 0.3) is 0 Å². The highest BCUT2D eigenvalue weighted by Crippen LogP contribution is 2.29. The maximum absolute atomic E-state index is 9.59. The Morgan fingerprint density at radius 2 is 2.06 bits per heavy atom. The zero-order valence-electron chi connectivity index (χ0n) is 9.90. The Balaban J connectivity index is 0.00000162. The van der Waals surface area contributed by atoms with Gasteiger partial charge in [-0.3, -0.25) is 4.90 Å². The Hall–Kier alpha value is 0.160. The highest BCUT2D eigenvalue weighted by Gasteiger charge is 2.23. The van der Waals surface area contributed by atoms with E-state index in [1.54, 1.807) is 0 Å². The van der Waals surface area contributed by atoms with Crippen LogP contribution in [0, 0.1) is 0 Å². The lowest BCUT2D eigenvalue weighted by Gasteiger charge is -2.34. The summed E-state index contributed by atoms with van der Waals surface area (Å²) in [6, 6.07) is 5.82. The monoisotopic (exact) mass is 354 g/mol. The molecule has 102 valence electrons. The van der Waals surface area contributed by atoms with Gasteiger partial charge in [-0.1, -0.05) is 33.6 Å². The number of aliphatic hydroxyl groups excluding tert-OH is 1. The minimum absolute atomic E-state index is 0. The molecule has 0 amide bonds. The molecule has 1 fully saturated rings. The molecule has 0 spiro atoms. The summed E-state index contributed by atoms with van der Waals surface area (Å²) in [5.41, 5.74) is 0.999. The van der Waals surface area contributed by atoms with Gasteiger partial charge in [0.05, 0.1) is 12.6 Å². The van der Waals surface area contributed by atoms with Gasteiger partial charge in [-0.05, 0) is 17.7 Å². The number of nitrogens with zero attached hydrogens (tertiary/aromatic N) is 1. The summed E-state index contributed by atoms with van der Waals surface area (Å²) in [5, 5.41) is 13.6. The minimum atomic E-state index is -0.00213. The van der Waals surface area contributed by atoms with E-state index in [4.69, 9.17) is 11.6 Å². The van der Waals surface area contributed by atoms with Crippen molar-refractivity contribution in [3.05, 3.63) is 33.3 Å². The van der Waals surface area contributed by atoms with Crippen molar-refractivity contribution in [1.29, 1.82) is 0 Å². The second-order valence-corrected chi connectivity index (χ2v) is 5.47. The van der Waals surface area contributed by atoms with Crippen LogP contribution in [0.25, 0.3) is 0 Å². The van der Waals surface area contributed by atoms with Crippen LogP contribution in [-0.2, 0) is 0 Å². The molecule has 0 aromatic heterocycles. The van der Waals surface area contributed by atoms with E-state index in [0.717, 1.165) is 36.2 Å². The summed E-state index contributed by atoms with van der Waals surface area (Å²) in [6.07, 6.45) is 0. The van der Waals surface area contributed by atoms with E-state index in [1.165, 1.54) is 0 Å². The smallest absolute Gasteiger partial charge is 0.0629 e. The van der Waals surface area contributed by atoms with Crippen LogP contribution in [0.3, 0.4) is 0 Å². The molecular weight excluding hydrogens is 339 g/mol. The lowest BCUT2D eigenvalue weighted by atomic mass is 10.1. The second kappa shape index (κ2) is 7.68. The van der Waals surface area contributed by atoms with Gasteiger partial charge in [-0.25, -0.2) is 0 Å². The first-order chi connectivity index (χ1) is 8.22. The Kier molecular flexibility index (Phi) is 6.92. The summed E-state index contributed by atoms with van der Waals surface area (Å²) in [4.78, 5) is 2.27. The molecular formula is C12H17BrCl2N2O. The Morgan fingerprint density at radius 3 is 2.61 bits per heavy atom. The summed E-state index contributed by atoms with van der Waals surface area (Å²) in [5.74, 6) is 0. The van der Waals surface area contributed by atoms with E-state index in [9.17, 15) is 5.11 Å².